The van der Waals surface area contributed by atoms with Crippen LogP contribution in [0.5, 0.6) is 0 Å². The minimum atomic E-state index is -3.62. The number of sulfonamides is 1. The van der Waals surface area contributed by atoms with E-state index in [1.807, 2.05) is 29.5 Å². The molecule has 1 aliphatic rings. The molecule has 2 N–H and O–H groups in total. The zero-order valence-electron chi connectivity index (χ0n) is 9.55. The molecule has 0 saturated heterocycles. The maximum absolute atomic E-state index is 12.0. The Hall–Kier alpha value is -0.670. The van der Waals surface area contributed by atoms with Gasteiger partial charge < -0.3 is 5.11 Å². The first-order chi connectivity index (χ1) is 8.31. The second kappa shape index (κ2) is 4.78. The molecule has 1 saturated carbocycles. The van der Waals surface area contributed by atoms with Gasteiger partial charge in [-0.25, -0.2) is 17.9 Å². The average Bonchev–Trinajstić information content (AvgIpc) is 2.92. The van der Waals surface area contributed by atoms with Crippen molar-refractivity contribution in [3.05, 3.63) is 27.3 Å². The van der Waals surface area contributed by atoms with Gasteiger partial charge in [0.2, 0.25) is 10.0 Å². The van der Waals surface area contributed by atoms with Crippen LogP contribution in [0.25, 0.3) is 0 Å². The molecule has 0 aromatic heterocycles. The number of hydrogen-bond acceptors (Lipinski definition) is 3. The molecule has 7 heteroatoms. The zero-order valence-corrected chi connectivity index (χ0v) is 12.5. The van der Waals surface area contributed by atoms with Gasteiger partial charge in [-0.2, -0.15) is 0 Å². The van der Waals surface area contributed by atoms with E-state index < -0.39 is 16.0 Å². The monoisotopic (exact) mass is 381 g/mol. The third kappa shape index (κ3) is 2.83. The van der Waals surface area contributed by atoms with Crippen LogP contribution in [-0.4, -0.2) is 25.5 Å². The van der Waals surface area contributed by atoms with E-state index in [4.69, 9.17) is 5.11 Å². The fraction of sp³-hybridized carbons (Fsp3) is 0.364. The fourth-order valence-electron chi connectivity index (χ4n) is 1.59. The van der Waals surface area contributed by atoms with Gasteiger partial charge in [-0.1, -0.05) is 6.92 Å². The van der Waals surface area contributed by atoms with E-state index in [0.717, 1.165) is 6.42 Å². The fourth-order valence-corrected chi connectivity index (χ4v) is 3.54. The van der Waals surface area contributed by atoms with Gasteiger partial charge in [-0.05, 0) is 53.1 Å². The third-order valence-electron chi connectivity index (χ3n) is 2.89. The smallest absolute Gasteiger partial charge is 0.336 e. The van der Waals surface area contributed by atoms with Gasteiger partial charge in [0.25, 0.3) is 0 Å². The molecule has 0 bridgehead atoms. The van der Waals surface area contributed by atoms with Crippen LogP contribution < -0.4 is 4.72 Å². The van der Waals surface area contributed by atoms with Gasteiger partial charge in [0.05, 0.1) is 10.5 Å². The van der Waals surface area contributed by atoms with Crippen LogP contribution >= 0.6 is 22.6 Å². The highest BCUT2D eigenvalue weighted by atomic mass is 127. The van der Waals surface area contributed by atoms with Gasteiger partial charge in [-0.15, -0.1) is 0 Å². The number of aromatic carboxylic acids is 1. The summed E-state index contributed by atoms with van der Waals surface area (Å²) >= 11 is 1.87. The van der Waals surface area contributed by atoms with E-state index in [1.54, 1.807) is 0 Å². The third-order valence-corrected chi connectivity index (χ3v) is 5.32. The Morgan fingerprint density at radius 1 is 1.50 bits per heavy atom. The summed E-state index contributed by atoms with van der Waals surface area (Å²) in [6, 6.07) is 4.08. The van der Waals surface area contributed by atoms with E-state index in [0.29, 0.717) is 9.49 Å². The molecule has 5 nitrogen and oxygen atoms in total. The molecule has 1 fully saturated rings. The first-order valence-electron chi connectivity index (χ1n) is 5.36. The quantitative estimate of drug-likeness (QED) is 0.778. The van der Waals surface area contributed by atoms with Crippen molar-refractivity contribution in [1.29, 1.82) is 0 Å². The molecule has 2 atom stereocenters. The van der Waals surface area contributed by atoms with Crippen molar-refractivity contribution in [2.75, 3.05) is 0 Å². The molecule has 0 aliphatic heterocycles. The highest BCUT2D eigenvalue weighted by molar-refractivity contribution is 14.1. The lowest BCUT2D eigenvalue weighted by Gasteiger charge is -2.07. The van der Waals surface area contributed by atoms with Crippen molar-refractivity contribution in [2.45, 2.75) is 24.3 Å². The minimum absolute atomic E-state index is 0.000541. The Morgan fingerprint density at radius 2 is 2.11 bits per heavy atom. The molecule has 0 heterocycles. The molecule has 0 radical (unpaired) electrons. The number of benzene rings is 1. The molecule has 2 unspecified atom stereocenters. The van der Waals surface area contributed by atoms with Crippen molar-refractivity contribution in [3.63, 3.8) is 0 Å². The lowest BCUT2D eigenvalue weighted by Crippen LogP contribution is -2.27. The summed E-state index contributed by atoms with van der Waals surface area (Å²) in [6.07, 6.45) is 0.829. The summed E-state index contributed by atoms with van der Waals surface area (Å²) in [5.74, 6) is -0.779. The first-order valence-corrected chi connectivity index (χ1v) is 7.92. The highest BCUT2D eigenvalue weighted by Crippen LogP contribution is 2.31. The Bertz CT molecular complexity index is 599. The Morgan fingerprint density at radius 3 is 2.61 bits per heavy atom. The number of rotatable bonds is 4. The summed E-state index contributed by atoms with van der Waals surface area (Å²) in [5, 5.41) is 8.97. The molecule has 1 aliphatic carbocycles. The van der Waals surface area contributed by atoms with Crippen LogP contribution in [0.2, 0.25) is 0 Å². The Kier molecular flexibility index (Phi) is 3.65. The van der Waals surface area contributed by atoms with Crippen molar-refractivity contribution in [2.24, 2.45) is 5.92 Å². The Balaban J connectivity index is 2.33. The second-order valence-corrected chi connectivity index (χ2v) is 7.26. The molecule has 1 aromatic carbocycles. The van der Waals surface area contributed by atoms with Crippen molar-refractivity contribution in [1.82, 2.24) is 4.72 Å². The van der Waals surface area contributed by atoms with Crippen LogP contribution in [0, 0.1) is 9.49 Å². The van der Waals surface area contributed by atoms with E-state index in [9.17, 15) is 13.2 Å². The molecule has 1 aromatic rings. The van der Waals surface area contributed by atoms with E-state index in [-0.39, 0.29) is 16.5 Å². The van der Waals surface area contributed by atoms with E-state index >= 15 is 0 Å². The zero-order chi connectivity index (χ0) is 13.5. The van der Waals surface area contributed by atoms with Gasteiger partial charge in [-0.3, -0.25) is 0 Å². The maximum Gasteiger partial charge on any atom is 0.336 e. The first kappa shape index (κ1) is 13.8. The molecular formula is C11H12INO4S. The Labute approximate surface area is 119 Å². The van der Waals surface area contributed by atoms with Crippen LogP contribution in [0.3, 0.4) is 0 Å². The molecule has 0 spiro atoms. The predicted octanol–water partition coefficient (Wildman–Crippen LogP) is 1.68. The van der Waals surface area contributed by atoms with Crippen LogP contribution in [0.4, 0.5) is 0 Å². The lowest BCUT2D eigenvalue weighted by molar-refractivity contribution is 0.0695. The van der Waals surface area contributed by atoms with Crippen LogP contribution in [0.15, 0.2) is 23.1 Å². The minimum Gasteiger partial charge on any atom is -0.478 e. The van der Waals surface area contributed by atoms with Crippen molar-refractivity contribution in [3.8, 4) is 0 Å². The van der Waals surface area contributed by atoms with Gasteiger partial charge in [0.15, 0.2) is 0 Å². The lowest BCUT2D eigenvalue weighted by atomic mass is 10.2. The standard InChI is InChI=1S/C11H12INO4S/c1-6-4-10(6)13-18(16,17)7-2-3-9(12)8(5-7)11(14)15/h2-3,5-6,10,13H,4H2,1H3,(H,14,15). The average molecular weight is 381 g/mol. The topological polar surface area (TPSA) is 83.5 Å². The number of carbonyl (C=O) groups is 1. The summed E-state index contributed by atoms with van der Waals surface area (Å²) in [6.45, 7) is 1.96. The number of halogens is 1. The molecule has 2 rings (SSSR count). The number of carboxylic acids is 1. The second-order valence-electron chi connectivity index (χ2n) is 4.39. The van der Waals surface area contributed by atoms with Crippen LogP contribution in [0.1, 0.15) is 23.7 Å². The molecule has 0 amide bonds. The number of carboxylic acid groups (broad SMARTS) is 1. The summed E-state index contributed by atoms with van der Waals surface area (Å²) in [7, 11) is -3.62. The number of nitrogens with one attached hydrogen (secondary N) is 1. The molecular weight excluding hydrogens is 369 g/mol. The summed E-state index contributed by atoms with van der Waals surface area (Å²) < 4.78 is 27.1. The molecule has 98 valence electrons. The highest BCUT2D eigenvalue weighted by Gasteiger charge is 2.36. The van der Waals surface area contributed by atoms with E-state index in [1.165, 1.54) is 18.2 Å². The van der Waals surface area contributed by atoms with Crippen LogP contribution in [-0.2, 0) is 10.0 Å². The predicted molar refractivity (Wildman–Crippen MR) is 74.0 cm³/mol. The molecule has 18 heavy (non-hydrogen) atoms. The van der Waals surface area contributed by atoms with Crippen molar-refractivity contribution < 1.29 is 18.3 Å². The van der Waals surface area contributed by atoms with Gasteiger partial charge in [0.1, 0.15) is 0 Å². The van der Waals surface area contributed by atoms with Gasteiger partial charge >= 0.3 is 5.97 Å². The maximum atomic E-state index is 12.0. The van der Waals surface area contributed by atoms with Crippen molar-refractivity contribution >= 4 is 38.6 Å². The number of hydrogen-bond donors (Lipinski definition) is 2. The van der Waals surface area contributed by atoms with E-state index in [2.05, 4.69) is 4.72 Å². The summed E-state index contributed by atoms with van der Waals surface area (Å²) in [5.41, 5.74) is 0.00215. The van der Waals surface area contributed by atoms with Gasteiger partial charge in [0, 0.05) is 9.61 Å². The largest absolute Gasteiger partial charge is 0.478 e. The SMILES string of the molecule is CC1CC1NS(=O)(=O)c1ccc(I)c(C(=O)O)c1. The summed E-state index contributed by atoms with van der Waals surface area (Å²) in [4.78, 5) is 11.0. The normalized spacial score (nSPS) is 22.8.